The van der Waals surface area contributed by atoms with Gasteiger partial charge in [0.2, 0.25) is 11.9 Å². The molecule has 7 heteroatoms. The number of phenolic OH excluding ortho intramolecular Hbond substituents is 1. The Labute approximate surface area is 103 Å². The maximum atomic E-state index is 9.52. The quantitative estimate of drug-likeness (QED) is 0.547. The highest BCUT2D eigenvalue weighted by atomic mass is 16.3. The van der Waals surface area contributed by atoms with Crippen molar-refractivity contribution >= 4 is 18.1 Å². The third-order valence-corrected chi connectivity index (χ3v) is 2.07. The standard InChI is InChI=1S/C11H12N6O/c1-7-14-10(12)16-11(15-7)17-13-6-8-4-2-3-5-9(8)18/h2-6,18H,1H3,(H3,12,14,15,16,17)/b13-6-. The van der Waals surface area contributed by atoms with Crippen LogP contribution in [-0.2, 0) is 0 Å². The van der Waals surface area contributed by atoms with E-state index in [0.717, 1.165) is 0 Å². The van der Waals surface area contributed by atoms with Gasteiger partial charge in [-0.05, 0) is 19.1 Å². The minimum Gasteiger partial charge on any atom is -0.507 e. The molecule has 1 aromatic heterocycles. The molecule has 92 valence electrons. The molecule has 0 aliphatic rings. The molecular weight excluding hydrogens is 232 g/mol. The molecule has 0 atom stereocenters. The van der Waals surface area contributed by atoms with Gasteiger partial charge < -0.3 is 10.8 Å². The Kier molecular flexibility index (Phi) is 3.33. The van der Waals surface area contributed by atoms with Crippen LogP contribution < -0.4 is 11.2 Å². The number of anilines is 2. The van der Waals surface area contributed by atoms with Gasteiger partial charge in [-0.25, -0.2) is 5.43 Å². The highest BCUT2D eigenvalue weighted by Crippen LogP contribution is 2.12. The lowest BCUT2D eigenvalue weighted by Crippen LogP contribution is -2.04. The number of benzene rings is 1. The molecule has 7 nitrogen and oxygen atoms in total. The van der Waals surface area contributed by atoms with Crippen LogP contribution in [-0.4, -0.2) is 26.3 Å². The molecule has 2 rings (SSSR count). The zero-order chi connectivity index (χ0) is 13.0. The molecular formula is C11H12N6O. The van der Waals surface area contributed by atoms with Crippen molar-refractivity contribution in [2.45, 2.75) is 6.92 Å². The van der Waals surface area contributed by atoms with E-state index in [0.29, 0.717) is 11.4 Å². The summed E-state index contributed by atoms with van der Waals surface area (Å²) in [5.41, 5.74) is 8.68. The molecule has 0 unspecified atom stereocenters. The maximum absolute atomic E-state index is 9.52. The average molecular weight is 244 g/mol. The summed E-state index contributed by atoms with van der Waals surface area (Å²) < 4.78 is 0. The van der Waals surface area contributed by atoms with Gasteiger partial charge in [0.1, 0.15) is 11.6 Å². The van der Waals surface area contributed by atoms with Crippen molar-refractivity contribution in [2.24, 2.45) is 5.10 Å². The van der Waals surface area contributed by atoms with Crippen LogP contribution in [0.5, 0.6) is 5.75 Å². The van der Waals surface area contributed by atoms with Crippen LogP contribution in [0.15, 0.2) is 29.4 Å². The van der Waals surface area contributed by atoms with Gasteiger partial charge in [-0.1, -0.05) is 12.1 Å². The molecule has 2 aromatic rings. The molecule has 0 saturated heterocycles. The second kappa shape index (κ2) is 5.09. The van der Waals surface area contributed by atoms with Crippen molar-refractivity contribution in [3.05, 3.63) is 35.7 Å². The number of aromatic nitrogens is 3. The fourth-order valence-corrected chi connectivity index (χ4v) is 1.31. The fraction of sp³-hybridized carbons (Fsp3) is 0.0909. The summed E-state index contributed by atoms with van der Waals surface area (Å²) in [6, 6.07) is 6.84. The average Bonchev–Trinajstić information content (AvgIpc) is 2.30. The number of nitrogen functional groups attached to an aromatic ring is 1. The second-order valence-corrected chi connectivity index (χ2v) is 3.49. The van der Waals surface area contributed by atoms with Gasteiger partial charge in [0.25, 0.3) is 0 Å². The van der Waals surface area contributed by atoms with E-state index in [-0.39, 0.29) is 17.6 Å². The van der Waals surface area contributed by atoms with Crippen molar-refractivity contribution in [3.8, 4) is 5.75 Å². The van der Waals surface area contributed by atoms with Crippen molar-refractivity contribution in [1.82, 2.24) is 15.0 Å². The van der Waals surface area contributed by atoms with Crippen molar-refractivity contribution < 1.29 is 5.11 Å². The lowest BCUT2D eigenvalue weighted by Gasteiger charge is -2.01. The number of aryl methyl sites for hydroxylation is 1. The SMILES string of the molecule is Cc1nc(N)nc(N/N=C\c2ccccc2O)n1. The number of hydrazone groups is 1. The summed E-state index contributed by atoms with van der Waals surface area (Å²) in [5, 5.41) is 13.4. The zero-order valence-corrected chi connectivity index (χ0v) is 9.70. The summed E-state index contributed by atoms with van der Waals surface area (Å²) in [5.74, 6) is 1.03. The zero-order valence-electron chi connectivity index (χ0n) is 9.70. The molecule has 0 aliphatic carbocycles. The summed E-state index contributed by atoms with van der Waals surface area (Å²) in [4.78, 5) is 11.7. The van der Waals surface area contributed by atoms with Gasteiger partial charge in [-0.2, -0.15) is 20.1 Å². The number of nitrogens with two attached hydrogens (primary N) is 1. The third-order valence-electron chi connectivity index (χ3n) is 2.07. The van der Waals surface area contributed by atoms with E-state index in [9.17, 15) is 5.11 Å². The van der Waals surface area contributed by atoms with Crippen LogP contribution in [0.2, 0.25) is 0 Å². The van der Waals surface area contributed by atoms with E-state index < -0.39 is 0 Å². The predicted octanol–water partition coefficient (Wildman–Crippen LogP) is 0.914. The van der Waals surface area contributed by atoms with E-state index in [1.54, 1.807) is 31.2 Å². The topological polar surface area (TPSA) is 109 Å². The molecule has 0 fully saturated rings. The van der Waals surface area contributed by atoms with Crippen LogP contribution >= 0.6 is 0 Å². The predicted molar refractivity (Wildman–Crippen MR) is 68.3 cm³/mol. The molecule has 0 spiro atoms. The number of hydrogen-bond acceptors (Lipinski definition) is 7. The van der Waals surface area contributed by atoms with Crippen molar-refractivity contribution in [3.63, 3.8) is 0 Å². The first kappa shape index (κ1) is 11.8. The molecule has 0 amide bonds. The largest absolute Gasteiger partial charge is 0.507 e. The summed E-state index contributed by atoms with van der Waals surface area (Å²) in [6.45, 7) is 1.70. The Bertz CT molecular complexity index is 563. The smallest absolute Gasteiger partial charge is 0.248 e. The molecule has 1 aromatic carbocycles. The summed E-state index contributed by atoms with van der Waals surface area (Å²) in [7, 11) is 0. The number of aromatic hydroxyl groups is 1. The van der Waals surface area contributed by atoms with Crippen LogP contribution in [0.25, 0.3) is 0 Å². The minimum absolute atomic E-state index is 0.128. The minimum atomic E-state index is 0.128. The van der Waals surface area contributed by atoms with Gasteiger partial charge in [0.15, 0.2) is 0 Å². The normalized spacial score (nSPS) is 10.7. The number of nitrogens with zero attached hydrogens (tertiary/aromatic N) is 4. The van der Waals surface area contributed by atoms with Crippen molar-refractivity contribution in [2.75, 3.05) is 11.2 Å². The van der Waals surface area contributed by atoms with Gasteiger partial charge in [0.05, 0.1) is 6.21 Å². The Morgan fingerprint density at radius 3 is 2.78 bits per heavy atom. The van der Waals surface area contributed by atoms with Crippen LogP contribution in [0, 0.1) is 6.92 Å². The molecule has 0 saturated carbocycles. The molecule has 18 heavy (non-hydrogen) atoms. The van der Waals surface area contributed by atoms with E-state index in [1.807, 2.05) is 0 Å². The summed E-state index contributed by atoms with van der Waals surface area (Å²) in [6.07, 6.45) is 1.46. The van der Waals surface area contributed by atoms with Gasteiger partial charge in [-0.3, -0.25) is 0 Å². The number of rotatable bonds is 3. The highest BCUT2D eigenvalue weighted by Gasteiger charge is 1.99. The summed E-state index contributed by atoms with van der Waals surface area (Å²) >= 11 is 0. The number of nitrogens with one attached hydrogen (secondary N) is 1. The molecule has 1 heterocycles. The van der Waals surface area contributed by atoms with Crippen LogP contribution in [0.4, 0.5) is 11.9 Å². The first-order valence-electron chi connectivity index (χ1n) is 5.20. The first-order valence-corrected chi connectivity index (χ1v) is 5.20. The van der Waals surface area contributed by atoms with E-state index >= 15 is 0 Å². The van der Waals surface area contributed by atoms with Gasteiger partial charge in [0, 0.05) is 5.56 Å². The van der Waals surface area contributed by atoms with E-state index in [1.165, 1.54) is 6.21 Å². The Morgan fingerprint density at radius 1 is 1.28 bits per heavy atom. The van der Waals surface area contributed by atoms with Gasteiger partial charge in [-0.15, -0.1) is 0 Å². The highest BCUT2D eigenvalue weighted by molar-refractivity contribution is 5.83. The third kappa shape index (κ3) is 2.91. The van der Waals surface area contributed by atoms with E-state index in [2.05, 4.69) is 25.5 Å². The molecule has 0 aliphatic heterocycles. The lowest BCUT2D eigenvalue weighted by molar-refractivity contribution is 0.474. The number of para-hydroxylation sites is 1. The molecule has 0 radical (unpaired) electrons. The Morgan fingerprint density at radius 2 is 2.06 bits per heavy atom. The Balaban J connectivity index is 2.10. The van der Waals surface area contributed by atoms with Gasteiger partial charge >= 0.3 is 0 Å². The Hall–Kier alpha value is -2.70. The number of hydrogen-bond donors (Lipinski definition) is 3. The first-order chi connectivity index (χ1) is 8.65. The fourth-order valence-electron chi connectivity index (χ4n) is 1.31. The maximum Gasteiger partial charge on any atom is 0.248 e. The lowest BCUT2D eigenvalue weighted by atomic mass is 10.2. The van der Waals surface area contributed by atoms with Crippen LogP contribution in [0.1, 0.15) is 11.4 Å². The second-order valence-electron chi connectivity index (χ2n) is 3.49. The number of phenols is 1. The van der Waals surface area contributed by atoms with Crippen molar-refractivity contribution in [1.29, 1.82) is 0 Å². The van der Waals surface area contributed by atoms with Crippen LogP contribution in [0.3, 0.4) is 0 Å². The molecule has 4 N–H and O–H groups in total. The monoisotopic (exact) mass is 244 g/mol. The molecule has 0 bridgehead atoms. The van der Waals surface area contributed by atoms with E-state index in [4.69, 9.17) is 5.73 Å².